The molecule has 3 N–H and O–H groups in total. The Morgan fingerprint density at radius 2 is 1.90 bits per heavy atom. The minimum absolute atomic E-state index is 0.138. The summed E-state index contributed by atoms with van der Waals surface area (Å²) in [6, 6.07) is 7.56. The summed E-state index contributed by atoms with van der Waals surface area (Å²) in [6.07, 6.45) is -1.59. The fourth-order valence-corrected chi connectivity index (χ4v) is 1.84. The number of halogens is 2. The number of rotatable bonds is 10. The van der Waals surface area contributed by atoms with Crippen molar-refractivity contribution in [1.29, 1.82) is 0 Å². The standard InChI is InChI=1S/C14H22F2N2O2/c15-14(16)11-18(7-9-19)8-10-20-13-3-1-12(2-4-13)5-6-17/h1-4,14,19H,5-11,17H2. The summed E-state index contributed by atoms with van der Waals surface area (Å²) in [6.45, 7) is 1.01. The first-order chi connectivity index (χ1) is 9.65. The van der Waals surface area contributed by atoms with Gasteiger partial charge in [0.25, 0.3) is 6.43 Å². The van der Waals surface area contributed by atoms with E-state index in [-0.39, 0.29) is 19.7 Å². The molecule has 0 saturated carbocycles. The number of hydrogen-bond donors (Lipinski definition) is 2. The largest absolute Gasteiger partial charge is 0.492 e. The predicted molar refractivity (Wildman–Crippen MR) is 74.2 cm³/mol. The van der Waals surface area contributed by atoms with Crippen LogP contribution in [0.25, 0.3) is 0 Å². The zero-order valence-electron chi connectivity index (χ0n) is 11.5. The van der Waals surface area contributed by atoms with Crippen LogP contribution < -0.4 is 10.5 Å². The van der Waals surface area contributed by atoms with Gasteiger partial charge in [0.15, 0.2) is 0 Å². The third-order valence-electron chi connectivity index (χ3n) is 2.85. The van der Waals surface area contributed by atoms with E-state index in [1.807, 2.05) is 24.3 Å². The highest BCUT2D eigenvalue weighted by Gasteiger charge is 2.11. The lowest BCUT2D eigenvalue weighted by Crippen LogP contribution is -2.35. The van der Waals surface area contributed by atoms with E-state index in [4.69, 9.17) is 15.6 Å². The molecule has 1 aromatic rings. The fraction of sp³-hybridized carbons (Fsp3) is 0.571. The molecule has 0 heterocycles. The summed E-state index contributed by atoms with van der Waals surface area (Å²) in [5, 5.41) is 8.81. The van der Waals surface area contributed by atoms with Crippen LogP contribution >= 0.6 is 0 Å². The number of hydrogen-bond acceptors (Lipinski definition) is 4. The summed E-state index contributed by atoms with van der Waals surface area (Å²) in [5.41, 5.74) is 6.60. The molecular formula is C14H22F2N2O2. The molecule has 4 nitrogen and oxygen atoms in total. The van der Waals surface area contributed by atoms with Gasteiger partial charge in [-0.2, -0.15) is 0 Å². The quantitative estimate of drug-likeness (QED) is 0.677. The van der Waals surface area contributed by atoms with Crippen LogP contribution in [0.2, 0.25) is 0 Å². The van der Waals surface area contributed by atoms with Gasteiger partial charge in [-0.05, 0) is 30.7 Å². The number of alkyl halides is 2. The number of nitrogens with two attached hydrogens (primary N) is 1. The van der Waals surface area contributed by atoms with E-state index in [0.29, 0.717) is 25.4 Å². The average molecular weight is 288 g/mol. The molecule has 0 fully saturated rings. The fourth-order valence-electron chi connectivity index (χ4n) is 1.84. The maximum atomic E-state index is 12.3. The number of ether oxygens (including phenoxy) is 1. The highest BCUT2D eigenvalue weighted by Crippen LogP contribution is 2.12. The van der Waals surface area contributed by atoms with Crippen LogP contribution in [0.5, 0.6) is 5.75 Å². The topological polar surface area (TPSA) is 58.7 Å². The molecule has 20 heavy (non-hydrogen) atoms. The van der Waals surface area contributed by atoms with Gasteiger partial charge in [0, 0.05) is 13.1 Å². The van der Waals surface area contributed by atoms with Gasteiger partial charge in [0.1, 0.15) is 12.4 Å². The Hall–Kier alpha value is -1.24. The molecule has 0 unspecified atom stereocenters. The summed E-state index contributed by atoms with van der Waals surface area (Å²) in [4.78, 5) is 1.48. The van der Waals surface area contributed by atoms with Gasteiger partial charge in [0.05, 0.1) is 13.2 Å². The Labute approximate surface area is 118 Å². The van der Waals surface area contributed by atoms with Crippen LogP contribution in [-0.4, -0.2) is 55.8 Å². The molecule has 0 aliphatic carbocycles. The normalized spacial score (nSPS) is 11.3. The number of aliphatic hydroxyl groups excluding tert-OH is 1. The summed E-state index contributed by atoms with van der Waals surface area (Å²) >= 11 is 0. The predicted octanol–water partition coefficient (Wildman–Crippen LogP) is 1.13. The van der Waals surface area contributed by atoms with Crippen LogP contribution in [-0.2, 0) is 6.42 Å². The van der Waals surface area contributed by atoms with Gasteiger partial charge in [-0.15, -0.1) is 0 Å². The van der Waals surface area contributed by atoms with Gasteiger partial charge in [-0.1, -0.05) is 12.1 Å². The van der Waals surface area contributed by atoms with E-state index in [1.165, 1.54) is 4.90 Å². The van der Waals surface area contributed by atoms with E-state index in [2.05, 4.69) is 0 Å². The highest BCUT2D eigenvalue weighted by atomic mass is 19.3. The smallest absolute Gasteiger partial charge is 0.251 e. The lowest BCUT2D eigenvalue weighted by molar-refractivity contribution is 0.0709. The van der Waals surface area contributed by atoms with Gasteiger partial charge >= 0.3 is 0 Å². The lowest BCUT2D eigenvalue weighted by atomic mass is 10.1. The molecule has 0 bridgehead atoms. The highest BCUT2D eigenvalue weighted by molar-refractivity contribution is 5.27. The first-order valence-electron chi connectivity index (χ1n) is 6.69. The van der Waals surface area contributed by atoms with E-state index in [9.17, 15) is 8.78 Å². The molecule has 0 amide bonds. The van der Waals surface area contributed by atoms with Crippen molar-refractivity contribution in [2.45, 2.75) is 12.8 Å². The molecule has 0 atom stereocenters. The Balaban J connectivity index is 2.33. The van der Waals surface area contributed by atoms with Gasteiger partial charge in [0.2, 0.25) is 0 Å². The third-order valence-corrected chi connectivity index (χ3v) is 2.85. The molecule has 1 aromatic carbocycles. The van der Waals surface area contributed by atoms with Crippen molar-refractivity contribution in [3.05, 3.63) is 29.8 Å². The Kier molecular flexibility index (Phi) is 8.10. The SMILES string of the molecule is NCCc1ccc(OCCN(CCO)CC(F)F)cc1. The van der Waals surface area contributed by atoms with Crippen molar-refractivity contribution in [2.24, 2.45) is 5.73 Å². The maximum absolute atomic E-state index is 12.3. The molecule has 0 spiro atoms. The molecular weight excluding hydrogens is 266 g/mol. The van der Waals surface area contributed by atoms with Crippen LogP contribution in [0.3, 0.4) is 0 Å². The van der Waals surface area contributed by atoms with Crippen molar-refractivity contribution in [3.63, 3.8) is 0 Å². The number of benzene rings is 1. The molecule has 114 valence electrons. The molecule has 0 aliphatic heterocycles. The molecule has 0 saturated heterocycles. The monoisotopic (exact) mass is 288 g/mol. The van der Waals surface area contributed by atoms with Crippen molar-refractivity contribution in [1.82, 2.24) is 4.90 Å². The molecule has 0 radical (unpaired) electrons. The zero-order chi connectivity index (χ0) is 14.8. The van der Waals surface area contributed by atoms with Crippen molar-refractivity contribution < 1.29 is 18.6 Å². The van der Waals surface area contributed by atoms with Crippen molar-refractivity contribution in [3.8, 4) is 5.75 Å². The third kappa shape index (κ3) is 6.79. The first-order valence-corrected chi connectivity index (χ1v) is 6.69. The molecule has 0 aliphatic rings. The number of nitrogens with zero attached hydrogens (tertiary/aromatic N) is 1. The Morgan fingerprint density at radius 1 is 1.20 bits per heavy atom. The molecule has 1 rings (SSSR count). The second-order valence-electron chi connectivity index (χ2n) is 4.45. The maximum Gasteiger partial charge on any atom is 0.251 e. The van der Waals surface area contributed by atoms with Crippen molar-refractivity contribution >= 4 is 0 Å². The van der Waals surface area contributed by atoms with Crippen LogP contribution in [0.4, 0.5) is 8.78 Å². The van der Waals surface area contributed by atoms with Gasteiger partial charge in [-0.3, -0.25) is 4.90 Å². The van der Waals surface area contributed by atoms with E-state index in [1.54, 1.807) is 0 Å². The van der Waals surface area contributed by atoms with E-state index >= 15 is 0 Å². The average Bonchev–Trinajstić information content (AvgIpc) is 2.40. The van der Waals surface area contributed by atoms with Crippen LogP contribution in [0, 0.1) is 0 Å². The Bertz CT molecular complexity index is 361. The van der Waals surface area contributed by atoms with Gasteiger partial charge < -0.3 is 15.6 Å². The minimum Gasteiger partial charge on any atom is -0.492 e. The number of aliphatic hydroxyl groups is 1. The minimum atomic E-state index is -2.41. The first kappa shape index (κ1) is 16.8. The lowest BCUT2D eigenvalue weighted by Gasteiger charge is -2.20. The second kappa shape index (κ2) is 9.63. The zero-order valence-corrected chi connectivity index (χ0v) is 11.5. The van der Waals surface area contributed by atoms with E-state index < -0.39 is 6.43 Å². The van der Waals surface area contributed by atoms with E-state index in [0.717, 1.165) is 12.0 Å². The summed E-state index contributed by atoms with van der Waals surface area (Å²) in [5.74, 6) is 0.701. The van der Waals surface area contributed by atoms with Crippen molar-refractivity contribution in [2.75, 3.05) is 39.4 Å². The Morgan fingerprint density at radius 3 is 2.45 bits per heavy atom. The van der Waals surface area contributed by atoms with Gasteiger partial charge in [-0.25, -0.2) is 8.78 Å². The summed E-state index contributed by atoms with van der Waals surface area (Å²) < 4.78 is 30.1. The van der Waals surface area contributed by atoms with Crippen LogP contribution in [0.1, 0.15) is 5.56 Å². The summed E-state index contributed by atoms with van der Waals surface area (Å²) in [7, 11) is 0. The molecule has 6 heteroatoms. The van der Waals surface area contributed by atoms with Crippen LogP contribution in [0.15, 0.2) is 24.3 Å². The molecule has 0 aromatic heterocycles. The second-order valence-corrected chi connectivity index (χ2v) is 4.45.